The van der Waals surface area contributed by atoms with Gasteiger partial charge in [0.05, 0.1) is 5.75 Å². The standard InChI is InChI=1S/C16H22N2O3S/c1-22(20,21)11-7-16(19)18-10-6-13-4-5-14(12-15(13)18)17-8-2-3-9-17/h4-5,12H,2-3,6-11H2,1H3. The van der Waals surface area contributed by atoms with E-state index in [1.165, 1.54) is 30.3 Å². The second-order valence-electron chi connectivity index (χ2n) is 6.18. The highest BCUT2D eigenvalue weighted by Gasteiger charge is 2.26. The summed E-state index contributed by atoms with van der Waals surface area (Å²) in [4.78, 5) is 16.4. The lowest BCUT2D eigenvalue weighted by atomic mass is 10.1. The Bertz CT molecular complexity index is 679. The van der Waals surface area contributed by atoms with Crippen LogP contribution < -0.4 is 9.80 Å². The molecule has 1 aromatic rings. The number of fused-ring (bicyclic) bond motifs is 1. The van der Waals surface area contributed by atoms with Crippen molar-refractivity contribution in [1.82, 2.24) is 0 Å². The van der Waals surface area contributed by atoms with Crippen LogP contribution in [0.1, 0.15) is 24.8 Å². The normalized spacial score (nSPS) is 17.9. The van der Waals surface area contributed by atoms with E-state index in [2.05, 4.69) is 23.1 Å². The number of hydrogen-bond donors (Lipinski definition) is 0. The maximum Gasteiger partial charge on any atom is 0.228 e. The zero-order valence-electron chi connectivity index (χ0n) is 12.9. The third-order valence-electron chi connectivity index (χ3n) is 4.42. The third-order valence-corrected chi connectivity index (χ3v) is 5.37. The molecule has 2 heterocycles. The molecule has 0 aliphatic carbocycles. The SMILES string of the molecule is CS(=O)(=O)CCC(=O)N1CCc2ccc(N3CCCC3)cc21. The fourth-order valence-electron chi connectivity index (χ4n) is 3.21. The Morgan fingerprint density at radius 3 is 2.59 bits per heavy atom. The van der Waals surface area contributed by atoms with Crippen LogP contribution in [0.3, 0.4) is 0 Å². The predicted octanol–water partition coefficient (Wildman–Crippen LogP) is 1.61. The average Bonchev–Trinajstić information content (AvgIpc) is 3.12. The largest absolute Gasteiger partial charge is 0.371 e. The monoisotopic (exact) mass is 322 g/mol. The van der Waals surface area contributed by atoms with Crippen molar-refractivity contribution in [3.8, 4) is 0 Å². The minimum absolute atomic E-state index is 0.0617. The van der Waals surface area contributed by atoms with E-state index in [1.54, 1.807) is 4.90 Å². The van der Waals surface area contributed by atoms with Gasteiger partial charge in [-0.1, -0.05) is 6.07 Å². The van der Waals surface area contributed by atoms with Crippen LogP contribution in [0.5, 0.6) is 0 Å². The smallest absolute Gasteiger partial charge is 0.228 e. The molecule has 2 aliphatic heterocycles. The zero-order valence-corrected chi connectivity index (χ0v) is 13.7. The van der Waals surface area contributed by atoms with Crippen LogP contribution in [0.15, 0.2) is 18.2 Å². The summed E-state index contributed by atoms with van der Waals surface area (Å²) < 4.78 is 22.5. The molecule has 0 N–H and O–H groups in total. The molecule has 3 rings (SSSR count). The Labute approximate surface area is 131 Å². The van der Waals surface area contributed by atoms with E-state index in [0.29, 0.717) is 6.54 Å². The lowest BCUT2D eigenvalue weighted by molar-refractivity contribution is -0.118. The number of amides is 1. The summed E-state index contributed by atoms with van der Waals surface area (Å²) in [6.45, 7) is 2.79. The number of carbonyl (C=O) groups excluding carboxylic acids is 1. The minimum atomic E-state index is -3.10. The van der Waals surface area contributed by atoms with Gasteiger partial charge in [0.1, 0.15) is 9.84 Å². The quantitative estimate of drug-likeness (QED) is 0.845. The fraction of sp³-hybridized carbons (Fsp3) is 0.562. The van der Waals surface area contributed by atoms with E-state index in [1.807, 2.05) is 0 Å². The summed E-state index contributed by atoms with van der Waals surface area (Å²) in [6, 6.07) is 6.33. The molecule has 120 valence electrons. The lowest BCUT2D eigenvalue weighted by Gasteiger charge is -2.22. The van der Waals surface area contributed by atoms with Gasteiger partial charge in [-0.15, -0.1) is 0 Å². The van der Waals surface area contributed by atoms with E-state index in [9.17, 15) is 13.2 Å². The topological polar surface area (TPSA) is 57.7 Å². The van der Waals surface area contributed by atoms with Crippen molar-refractivity contribution in [3.05, 3.63) is 23.8 Å². The molecule has 1 amide bonds. The van der Waals surface area contributed by atoms with Crippen molar-refractivity contribution >= 4 is 27.1 Å². The number of sulfone groups is 1. The summed E-state index contributed by atoms with van der Waals surface area (Å²) in [7, 11) is -3.10. The van der Waals surface area contributed by atoms with Crippen molar-refractivity contribution in [2.75, 3.05) is 41.4 Å². The highest BCUT2D eigenvalue weighted by atomic mass is 32.2. The van der Waals surface area contributed by atoms with Crippen LogP contribution in [-0.4, -0.2) is 46.0 Å². The van der Waals surface area contributed by atoms with Gasteiger partial charge in [0.2, 0.25) is 5.91 Å². The second kappa shape index (κ2) is 5.91. The van der Waals surface area contributed by atoms with Gasteiger partial charge < -0.3 is 9.80 Å². The summed E-state index contributed by atoms with van der Waals surface area (Å²) in [5.41, 5.74) is 3.30. The fourth-order valence-corrected chi connectivity index (χ4v) is 3.75. The molecule has 22 heavy (non-hydrogen) atoms. The lowest BCUT2D eigenvalue weighted by Crippen LogP contribution is -2.30. The number of carbonyl (C=O) groups is 1. The van der Waals surface area contributed by atoms with Gasteiger partial charge in [0.25, 0.3) is 0 Å². The van der Waals surface area contributed by atoms with Crippen LogP contribution in [0.4, 0.5) is 11.4 Å². The highest BCUT2D eigenvalue weighted by molar-refractivity contribution is 7.90. The van der Waals surface area contributed by atoms with Gasteiger partial charge in [-0.25, -0.2) is 8.42 Å². The summed E-state index contributed by atoms with van der Waals surface area (Å²) in [5, 5.41) is 0. The number of anilines is 2. The van der Waals surface area contributed by atoms with E-state index in [0.717, 1.165) is 25.2 Å². The summed E-state index contributed by atoms with van der Waals surface area (Å²) in [5.74, 6) is -0.175. The molecule has 0 aromatic heterocycles. The number of rotatable bonds is 4. The van der Waals surface area contributed by atoms with Gasteiger partial charge in [0, 0.05) is 43.7 Å². The van der Waals surface area contributed by atoms with Crippen molar-refractivity contribution in [1.29, 1.82) is 0 Å². The van der Waals surface area contributed by atoms with Crippen LogP contribution in [-0.2, 0) is 21.1 Å². The average molecular weight is 322 g/mol. The van der Waals surface area contributed by atoms with Crippen LogP contribution in [0.25, 0.3) is 0 Å². The maximum atomic E-state index is 12.3. The minimum Gasteiger partial charge on any atom is -0.371 e. The Morgan fingerprint density at radius 2 is 1.91 bits per heavy atom. The van der Waals surface area contributed by atoms with E-state index in [-0.39, 0.29) is 18.1 Å². The first-order chi connectivity index (χ1) is 10.4. The molecule has 1 saturated heterocycles. The predicted molar refractivity (Wildman–Crippen MR) is 88.3 cm³/mol. The molecule has 0 atom stereocenters. The van der Waals surface area contributed by atoms with Crippen molar-refractivity contribution in [3.63, 3.8) is 0 Å². The van der Waals surface area contributed by atoms with Gasteiger partial charge in [0.15, 0.2) is 0 Å². The van der Waals surface area contributed by atoms with Gasteiger partial charge in [-0.05, 0) is 37.0 Å². The van der Waals surface area contributed by atoms with Crippen molar-refractivity contribution < 1.29 is 13.2 Å². The van der Waals surface area contributed by atoms with Gasteiger partial charge in [-0.3, -0.25) is 4.79 Å². The number of benzene rings is 1. The van der Waals surface area contributed by atoms with Gasteiger partial charge >= 0.3 is 0 Å². The van der Waals surface area contributed by atoms with Crippen LogP contribution in [0, 0.1) is 0 Å². The summed E-state index contributed by atoms with van der Waals surface area (Å²) >= 11 is 0. The molecule has 2 aliphatic rings. The van der Waals surface area contributed by atoms with E-state index in [4.69, 9.17) is 0 Å². The van der Waals surface area contributed by atoms with Crippen molar-refractivity contribution in [2.45, 2.75) is 25.7 Å². The molecule has 0 spiro atoms. The Morgan fingerprint density at radius 1 is 1.18 bits per heavy atom. The molecular weight excluding hydrogens is 300 g/mol. The zero-order chi connectivity index (χ0) is 15.7. The summed E-state index contributed by atoms with van der Waals surface area (Å²) in [6.07, 6.45) is 4.51. The van der Waals surface area contributed by atoms with Crippen molar-refractivity contribution in [2.24, 2.45) is 0 Å². The molecule has 0 bridgehead atoms. The third kappa shape index (κ3) is 3.27. The Balaban J connectivity index is 1.77. The molecule has 1 aromatic carbocycles. The Hall–Kier alpha value is -1.56. The molecule has 5 nitrogen and oxygen atoms in total. The first-order valence-corrected chi connectivity index (χ1v) is 9.86. The van der Waals surface area contributed by atoms with Crippen LogP contribution in [0.2, 0.25) is 0 Å². The maximum absolute atomic E-state index is 12.3. The van der Waals surface area contributed by atoms with E-state index >= 15 is 0 Å². The van der Waals surface area contributed by atoms with Crippen LogP contribution >= 0.6 is 0 Å². The Kier molecular flexibility index (Phi) is 4.12. The highest BCUT2D eigenvalue weighted by Crippen LogP contribution is 2.33. The van der Waals surface area contributed by atoms with Gasteiger partial charge in [-0.2, -0.15) is 0 Å². The molecule has 0 saturated carbocycles. The van der Waals surface area contributed by atoms with E-state index < -0.39 is 9.84 Å². The number of nitrogens with zero attached hydrogens (tertiary/aromatic N) is 2. The molecular formula is C16H22N2O3S. The molecule has 0 unspecified atom stereocenters. The first kappa shape index (κ1) is 15.3. The molecule has 0 radical (unpaired) electrons. The molecule has 6 heteroatoms. The first-order valence-electron chi connectivity index (χ1n) is 7.80. The second-order valence-corrected chi connectivity index (χ2v) is 8.44. The number of hydrogen-bond acceptors (Lipinski definition) is 4. The molecule has 1 fully saturated rings.